The molecule has 2 atom stereocenters. The molecule has 1 aliphatic carbocycles. The summed E-state index contributed by atoms with van der Waals surface area (Å²) >= 11 is 0. The molecule has 2 heterocycles. The van der Waals surface area contributed by atoms with E-state index in [9.17, 15) is 0 Å². The fourth-order valence-corrected chi connectivity index (χ4v) is 7.32. The topological polar surface area (TPSA) is 8.17 Å². The minimum absolute atomic E-state index is 0.228. The molecule has 0 spiro atoms. The zero-order valence-electron chi connectivity index (χ0n) is 24.2. The van der Waals surface area contributed by atoms with Crippen LogP contribution in [0.4, 0.5) is 11.4 Å². The van der Waals surface area contributed by atoms with E-state index >= 15 is 0 Å². The summed E-state index contributed by atoms with van der Waals surface area (Å²) in [5.74, 6) is 0.271. The molecule has 0 N–H and O–H groups in total. The van der Waals surface area contributed by atoms with Crippen LogP contribution in [0.2, 0.25) is 0 Å². The zero-order chi connectivity index (χ0) is 29.0. The molecule has 2 unspecified atom stereocenters. The summed E-state index contributed by atoms with van der Waals surface area (Å²) in [5.41, 5.74) is 12.6. The SMILES string of the molecule is C1=CC2C(C=C1c1ccc3c(c1)c1ccccc1n3-c1ccccc1)c1ccccc1N2c1cccc(-c2ccccc2)c1. The number of hydrogen-bond donors (Lipinski definition) is 0. The van der Waals surface area contributed by atoms with E-state index in [-0.39, 0.29) is 12.0 Å². The molecule has 0 saturated heterocycles. The smallest absolute Gasteiger partial charge is 0.0630 e. The van der Waals surface area contributed by atoms with Crippen LogP contribution in [-0.4, -0.2) is 10.6 Å². The second kappa shape index (κ2) is 10.00. The van der Waals surface area contributed by atoms with E-state index in [0.717, 1.165) is 0 Å². The van der Waals surface area contributed by atoms with Gasteiger partial charge in [0.05, 0.1) is 17.1 Å². The van der Waals surface area contributed by atoms with Crippen LogP contribution in [0.5, 0.6) is 0 Å². The molecule has 44 heavy (non-hydrogen) atoms. The molecule has 2 nitrogen and oxygen atoms in total. The van der Waals surface area contributed by atoms with Crippen molar-refractivity contribution in [2.45, 2.75) is 12.0 Å². The monoisotopic (exact) mass is 562 g/mol. The molecular weight excluding hydrogens is 532 g/mol. The molecule has 0 saturated carbocycles. The molecule has 0 bridgehead atoms. The van der Waals surface area contributed by atoms with Gasteiger partial charge in [-0.05, 0) is 76.4 Å². The quantitative estimate of drug-likeness (QED) is 0.207. The number of rotatable bonds is 4. The van der Waals surface area contributed by atoms with Gasteiger partial charge in [0, 0.05) is 33.8 Å². The number of anilines is 2. The lowest BCUT2D eigenvalue weighted by Crippen LogP contribution is -2.29. The lowest BCUT2D eigenvalue weighted by molar-refractivity contribution is 0.747. The second-order valence-electron chi connectivity index (χ2n) is 11.8. The van der Waals surface area contributed by atoms with Gasteiger partial charge in [-0.15, -0.1) is 0 Å². The van der Waals surface area contributed by atoms with Gasteiger partial charge in [0.1, 0.15) is 0 Å². The van der Waals surface area contributed by atoms with E-state index in [4.69, 9.17) is 0 Å². The van der Waals surface area contributed by atoms with Crippen molar-refractivity contribution >= 4 is 38.8 Å². The first-order valence-corrected chi connectivity index (χ1v) is 15.4. The molecule has 208 valence electrons. The predicted octanol–water partition coefficient (Wildman–Crippen LogP) is 10.7. The van der Waals surface area contributed by atoms with Crippen LogP contribution in [-0.2, 0) is 0 Å². The fraction of sp³-hybridized carbons (Fsp3) is 0.0476. The van der Waals surface area contributed by atoms with Crippen molar-refractivity contribution in [2.75, 3.05) is 4.90 Å². The van der Waals surface area contributed by atoms with Crippen LogP contribution in [0.3, 0.4) is 0 Å². The van der Waals surface area contributed by atoms with Crippen molar-refractivity contribution in [3.8, 4) is 16.8 Å². The average Bonchev–Trinajstić information content (AvgIpc) is 3.61. The van der Waals surface area contributed by atoms with Crippen molar-refractivity contribution in [2.24, 2.45) is 0 Å². The molecule has 1 aromatic heterocycles. The Morgan fingerprint density at radius 1 is 0.477 bits per heavy atom. The van der Waals surface area contributed by atoms with E-state index < -0.39 is 0 Å². The molecule has 6 aromatic carbocycles. The minimum atomic E-state index is 0.228. The van der Waals surface area contributed by atoms with Gasteiger partial charge in [-0.25, -0.2) is 0 Å². The lowest BCUT2D eigenvalue weighted by atomic mass is 9.86. The van der Waals surface area contributed by atoms with Crippen LogP contribution in [0, 0.1) is 0 Å². The van der Waals surface area contributed by atoms with Crippen molar-refractivity contribution < 1.29 is 0 Å². The van der Waals surface area contributed by atoms with Gasteiger partial charge in [0.15, 0.2) is 0 Å². The first-order valence-electron chi connectivity index (χ1n) is 15.4. The number of hydrogen-bond acceptors (Lipinski definition) is 1. The number of benzene rings is 6. The van der Waals surface area contributed by atoms with Crippen LogP contribution < -0.4 is 4.90 Å². The first kappa shape index (κ1) is 24.9. The summed E-state index contributed by atoms with van der Waals surface area (Å²) in [6.07, 6.45) is 7.23. The van der Waals surface area contributed by atoms with Gasteiger partial charge in [-0.3, -0.25) is 0 Å². The third kappa shape index (κ3) is 3.88. The van der Waals surface area contributed by atoms with Gasteiger partial charge in [0.25, 0.3) is 0 Å². The number of fused-ring (bicyclic) bond motifs is 6. The summed E-state index contributed by atoms with van der Waals surface area (Å²) in [7, 11) is 0. The number of nitrogens with zero attached hydrogens (tertiary/aromatic N) is 2. The van der Waals surface area contributed by atoms with Gasteiger partial charge >= 0.3 is 0 Å². The van der Waals surface area contributed by atoms with E-state index in [0.29, 0.717) is 0 Å². The summed E-state index contributed by atoms with van der Waals surface area (Å²) < 4.78 is 2.38. The predicted molar refractivity (Wildman–Crippen MR) is 185 cm³/mol. The maximum atomic E-state index is 2.52. The van der Waals surface area contributed by atoms with Crippen LogP contribution in [0.15, 0.2) is 170 Å². The van der Waals surface area contributed by atoms with Crippen molar-refractivity contribution in [3.63, 3.8) is 0 Å². The number of allylic oxidation sites excluding steroid dienone is 2. The average molecular weight is 563 g/mol. The molecule has 2 heteroatoms. The minimum Gasteiger partial charge on any atom is -0.333 e. The van der Waals surface area contributed by atoms with E-state index in [2.05, 4.69) is 179 Å². The Morgan fingerprint density at radius 3 is 2.07 bits per heavy atom. The van der Waals surface area contributed by atoms with Gasteiger partial charge in [0.2, 0.25) is 0 Å². The molecular formula is C42H30N2. The van der Waals surface area contributed by atoms with Crippen LogP contribution in [0.25, 0.3) is 44.2 Å². The maximum Gasteiger partial charge on any atom is 0.0630 e. The first-order chi connectivity index (χ1) is 21.8. The fourth-order valence-electron chi connectivity index (χ4n) is 7.32. The van der Waals surface area contributed by atoms with Crippen molar-refractivity contribution in [1.82, 2.24) is 4.57 Å². The van der Waals surface area contributed by atoms with Gasteiger partial charge < -0.3 is 9.47 Å². The molecule has 9 rings (SSSR count). The van der Waals surface area contributed by atoms with Crippen LogP contribution >= 0.6 is 0 Å². The molecule has 7 aromatic rings. The lowest BCUT2D eigenvalue weighted by Gasteiger charge is -2.30. The van der Waals surface area contributed by atoms with E-state index in [1.54, 1.807) is 0 Å². The summed E-state index contributed by atoms with van der Waals surface area (Å²) in [5, 5.41) is 2.56. The highest BCUT2D eigenvalue weighted by atomic mass is 15.2. The van der Waals surface area contributed by atoms with Crippen molar-refractivity contribution in [3.05, 3.63) is 181 Å². The Kier molecular flexibility index (Phi) is 5.67. The van der Waals surface area contributed by atoms with Crippen LogP contribution in [0.1, 0.15) is 17.0 Å². The Hall–Kier alpha value is -5.60. The Labute approximate surface area is 257 Å². The van der Waals surface area contributed by atoms with E-state index in [1.165, 1.54) is 66.7 Å². The molecule has 2 aliphatic rings. The molecule has 0 fully saturated rings. The summed E-state index contributed by atoms with van der Waals surface area (Å²) in [4.78, 5) is 2.52. The normalized spacial score (nSPS) is 17.1. The standard InChI is InChI=1S/C42H30N2/c1-3-12-29(13-4-1)30-14-11-17-34(26-30)44-40-21-10-8-19-36(40)38-28-32(23-25-42(38)44)31-22-24-41-37(27-31)35-18-7-9-20-39(35)43(41)33-15-5-2-6-16-33/h1-28,38,42H. The van der Waals surface area contributed by atoms with Gasteiger partial charge in [-0.1, -0.05) is 121 Å². The zero-order valence-corrected chi connectivity index (χ0v) is 24.2. The number of para-hydroxylation sites is 3. The Balaban J connectivity index is 1.14. The highest BCUT2D eigenvalue weighted by Gasteiger charge is 2.38. The summed E-state index contributed by atoms with van der Waals surface area (Å²) in [6, 6.07) is 55.1. The second-order valence-corrected chi connectivity index (χ2v) is 11.8. The highest BCUT2D eigenvalue weighted by Crippen LogP contribution is 2.49. The molecule has 0 radical (unpaired) electrons. The third-order valence-electron chi connectivity index (χ3n) is 9.31. The highest BCUT2D eigenvalue weighted by molar-refractivity contribution is 6.10. The molecule has 1 aliphatic heterocycles. The molecule has 0 amide bonds. The number of aromatic nitrogens is 1. The Morgan fingerprint density at radius 2 is 1.18 bits per heavy atom. The largest absolute Gasteiger partial charge is 0.333 e. The van der Waals surface area contributed by atoms with Gasteiger partial charge in [-0.2, -0.15) is 0 Å². The maximum absolute atomic E-state index is 2.52. The third-order valence-corrected chi connectivity index (χ3v) is 9.31. The Bertz CT molecular complexity index is 2240. The van der Waals surface area contributed by atoms with E-state index in [1.807, 2.05) is 0 Å². The summed E-state index contributed by atoms with van der Waals surface area (Å²) in [6.45, 7) is 0. The van der Waals surface area contributed by atoms with Crippen molar-refractivity contribution in [1.29, 1.82) is 0 Å².